The molecule has 1 heteroatoms. The second kappa shape index (κ2) is 14.0. The average Bonchev–Trinajstić information content (AvgIpc) is 3.28. The van der Waals surface area contributed by atoms with E-state index in [1.807, 2.05) is 0 Å². The second-order valence-corrected chi connectivity index (χ2v) is 14.1. The number of fused-ring (bicyclic) bond motifs is 6. The molecule has 0 bridgehead atoms. The fourth-order valence-corrected chi connectivity index (χ4v) is 8.08. The van der Waals surface area contributed by atoms with E-state index in [4.69, 9.17) is 0 Å². The molecule has 0 saturated heterocycles. The van der Waals surface area contributed by atoms with Gasteiger partial charge >= 0.3 is 0 Å². The van der Waals surface area contributed by atoms with Crippen molar-refractivity contribution in [3.63, 3.8) is 0 Å². The highest BCUT2D eigenvalue weighted by Gasteiger charge is 2.16. The number of anilines is 3. The van der Waals surface area contributed by atoms with E-state index in [2.05, 4.69) is 229 Å². The summed E-state index contributed by atoms with van der Waals surface area (Å²) in [6.45, 7) is 0. The fraction of sp³-hybridized carbons (Fsp3) is 0. The van der Waals surface area contributed by atoms with Gasteiger partial charge in [0.15, 0.2) is 0 Å². The zero-order valence-corrected chi connectivity index (χ0v) is 30.3. The largest absolute Gasteiger partial charge is 0.310 e. The molecule has 0 radical (unpaired) electrons. The smallest absolute Gasteiger partial charge is 0.0467 e. The van der Waals surface area contributed by atoms with Gasteiger partial charge in [0, 0.05) is 17.1 Å². The van der Waals surface area contributed by atoms with Crippen molar-refractivity contribution in [3.8, 4) is 44.5 Å². The molecule has 0 aliphatic carbocycles. The molecule has 0 amide bonds. The minimum absolute atomic E-state index is 1.10. The zero-order chi connectivity index (χ0) is 36.6. The second-order valence-electron chi connectivity index (χ2n) is 14.1. The first-order chi connectivity index (χ1) is 27.3. The van der Waals surface area contributed by atoms with Gasteiger partial charge in [-0.05, 0) is 119 Å². The van der Waals surface area contributed by atoms with Gasteiger partial charge in [-0.15, -0.1) is 0 Å². The highest BCUT2D eigenvalue weighted by Crippen LogP contribution is 2.41. The predicted octanol–water partition coefficient (Wildman–Crippen LogP) is 15.3. The lowest BCUT2D eigenvalue weighted by molar-refractivity contribution is 1.28. The molecule has 258 valence electrons. The number of hydrogen-bond donors (Lipinski definition) is 0. The lowest BCUT2D eigenvalue weighted by Crippen LogP contribution is -2.10. The maximum absolute atomic E-state index is 2.38. The number of rotatable bonds is 7. The van der Waals surface area contributed by atoms with Crippen LogP contribution in [0, 0.1) is 0 Å². The van der Waals surface area contributed by atoms with Crippen molar-refractivity contribution in [2.45, 2.75) is 0 Å². The monoisotopic (exact) mass is 699 g/mol. The Kier molecular flexibility index (Phi) is 8.24. The van der Waals surface area contributed by atoms with Crippen molar-refractivity contribution in [1.82, 2.24) is 0 Å². The third-order valence-electron chi connectivity index (χ3n) is 10.9. The third kappa shape index (κ3) is 6.12. The van der Waals surface area contributed by atoms with E-state index in [-0.39, 0.29) is 0 Å². The van der Waals surface area contributed by atoms with Crippen molar-refractivity contribution in [1.29, 1.82) is 0 Å². The van der Waals surface area contributed by atoms with Gasteiger partial charge in [0.25, 0.3) is 0 Å². The molecule has 55 heavy (non-hydrogen) atoms. The third-order valence-corrected chi connectivity index (χ3v) is 10.9. The molecule has 10 aromatic carbocycles. The van der Waals surface area contributed by atoms with Crippen LogP contribution in [0.25, 0.3) is 76.8 Å². The van der Waals surface area contributed by atoms with Crippen LogP contribution in [0.2, 0.25) is 0 Å². The summed E-state index contributed by atoms with van der Waals surface area (Å²) in [7, 11) is 0. The van der Waals surface area contributed by atoms with Gasteiger partial charge in [-0.3, -0.25) is 0 Å². The molecule has 0 spiro atoms. The standard InChI is InChI=1S/C54H37N/c1-3-12-38(13-4-1)40-22-24-41(25-23-40)43-28-33-47(34-29-43)55(46-31-26-42(27-32-46)39-14-5-2-6-15-39)48-17-11-16-44(36-48)45-30-35-53-51-20-8-7-18-49(51)50-19-9-10-21-52(50)54(53)37-45/h1-37H. The Morgan fingerprint density at radius 2 is 0.509 bits per heavy atom. The molecular formula is C54H37N. The minimum atomic E-state index is 1.10. The van der Waals surface area contributed by atoms with Crippen LogP contribution in [0.5, 0.6) is 0 Å². The highest BCUT2D eigenvalue weighted by atomic mass is 15.1. The molecule has 0 atom stereocenters. The number of benzene rings is 10. The zero-order valence-electron chi connectivity index (χ0n) is 30.3. The molecule has 10 rings (SSSR count). The summed E-state index contributed by atoms with van der Waals surface area (Å²) in [5, 5.41) is 7.71. The van der Waals surface area contributed by atoms with E-state index < -0.39 is 0 Å². The van der Waals surface area contributed by atoms with E-state index in [0.717, 1.165) is 17.1 Å². The summed E-state index contributed by atoms with van der Waals surface area (Å²) < 4.78 is 0. The summed E-state index contributed by atoms with van der Waals surface area (Å²) >= 11 is 0. The van der Waals surface area contributed by atoms with Gasteiger partial charge in [-0.1, -0.05) is 182 Å². The van der Waals surface area contributed by atoms with Crippen LogP contribution in [0.1, 0.15) is 0 Å². The minimum Gasteiger partial charge on any atom is -0.310 e. The molecule has 0 aliphatic rings. The van der Waals surface area contributed by atoms with Crippen LogP contribution in [-0.4, -0.2) is 0 Å². The van der Waals surface area contributed by atoms with Crippen LogP contribution >= 0.6 is 0 Å². The first-order valence-electron chi connectivity index (χ1n) is 18.9. The van der Waals surface area contributed by atoms with Gasteiger partial charge in [0.05, 0.1) is 0 Å². The van der Waals surface area contributed by atoms with Crippen molar-refractivity contribution in [3.05, 3.63) is 224 Å². The van der Waals surface area contributed by atoms with E-state index in [1.165, 1.54) is 76.8 Å². The van der Waals surface area contributed by atoms with Crippen LogP contribution in [0.4, 0.5) is 17.1 Å². The lowest BCUT2D eigenvalue weighted by Gasteiger charge is -2.26. The SMILES string of the molecule is c1ccc(-c2ccc(-c3ccc(N(c4ccc(-c5ccccc5)cc4)c4cccc(-c5ccc6c7ccccc7c7ccccc7c6c5)c4)cc3)cc2)cc1. The molecule has 0 aromatic heterocycles. The van der Waals surface area contributed by atoms with Crippen LogP contribution in [0.3, 0.4) is 0 Å². The van der Waals surface area contributed by atoms with Crippen molar-refractivity contribution in [2.75, 3.05) is 4.90 Å². The van der Waals surface area contributed by atoms with Gasteiger partial charge in [0.1, 0.15) is 0 Å². The average molecular weight is 700 g/mol. The predicted molar refractivity (Wildman–Crippen MR) is 235 cm³/mol. The number of nitrogens with zero attached hydrogens (tertiary/aromatic N) is 1. The molecule has 0 unspecified atom stereocenters. The Morgan fingerprint density at radius 3 is 0.982 bits per heavy atom. The topological polar surface area (TPSA) is 3.24 Å². The number of hydrogen-bond acceptors (Lipinski definition) is 1. The molecule has 0 heterocycles. The molecule has 0 N–H and O–H groups in total. The maximum Gasteiger partial charge on any atom is 0.0467 e. The summed E-state index contributed by atoms with van der Waals surface area (Å²) in [4.78, 5) is 2.37. The quantitative estimate of drug-likeness (QED) is 0.150. The summed E-state index contributed by atoms with van der Waals surface area (Å²) in [5.41, 5.74) is 12.9. The van der Waals surface area contributed by atoms with Gasteiger partial charge < -0.3 is 4.90 Å². The van der Waals surface area contributed by atoms with Gasteiger partial charge in [-0.25, -0.2) is 0 Å². The summed E-state index contributed by atoms with van der Waals surface area (Å²) in [6, 6.07) is 81.3. The molecular weight excluding hydrogens is 663 g/mol. The highest BCUT2D eigenvalue weighted by molar-refractivity contribution is 6.25. The Balaban J connectivity index is 1.05. The van der Waals surface area contributed by atoms with Crippen molar-refractivity contribution in [2.24, 2.45) is 0 Å². The van der Waals surface area contributed by atoms with Gasteiger partial charge in [-0.2, -0.15) is 0 Å². The Hall–Kier alpha value is -7.22. The Bertz CT molecular complexity index is 2890. The molecule has 1 nitrogen and oxygen atoms in total. The lowest BCUT2D eigenvalue weighted by atomic mass is 9.92. The maximum atomic E-state index is 2.38. The van der Waals surface area contributed by atoms with Gasteiger partial charge in [0.2, 0.25) is 0 Å². The van der Waals surface area contributed by atoms with E-state index in [1.54, 1.807) is 0 Å². The Labute approximate surface area is 322 Å². The molecule has 0 fully saturated rings. The first kappa shape index (κ1) is 32.4. The normalized spacial score (nSPS) is 11.3. The van der Waals surface area contributed by atoms with E-state index >= 15 is 0 Å². The summed E-state index contributed by atoms with van der Waals surface area (Å²) in [5.74, 6) is 0. The molecule has 0 aliphatic heterocycles. The molecule has 0 saturated carbocycles. The van der Waals surface area contributed by atoms with Crippen LogP contribution < -0.4 is 4.90 Å². The van der Waals surface area contributed by atoms with Crippen molar-refractivity contribution >= 4 is 49.4 Å². The summed E-state index contributed by atoms with van der Waals surface area (Å²) in [6.07, 6.45) is 0. The van der Waals surface area contributed by atoms with Crippen molar-refractivity contribution < 1.29 is 0 Å². The first-order valence-corrected chi connectivity index (χ1v) is 18.9. The fourth-order valence-electron chi connectivity index (χ4n) is 8.08. The van der Waals surface area contributed by atoms with E-state index in [9.17, 15) is 0 Å². The van der Waals surface area contributed by atoms with E-state index in [0.29, 0.717) is 0 Å². The van der Waals surface area contributed by atoms with Crippen LogP contribution in [0.15, 0.2) is 224 Å². The van der Waals surface area contributed by atoms with Crippen LogP contribution in [-0.2, 0) is 0 Å². The Morgan fingerprint density at radius 1 is 0.182 bits per heavy atom. The molecule has 10 aromatic rings.